The van der Waals surface area contributed by atoms with Crippen molar-refractivity contribution in [3.05, 3.63) is 188 Å². The number of fused-ring (bicyclic) bond motifs is 8. The van der Waals surface area contributed by atoms with Gasteiger partial charge in [0, 0.05) is 49.0 Å². The number of aromatic nitrogens is 3. The highest BCUT2D eigenvalue weighted by Gasteiger charge is 2.27. The molecule has 0 fully saturated rings. The summed E-state index contributed by atoms with van der Waals surface area (Å²) in [5, 5.41) is 9.26. The zero-order chi connectivity index (χ0) is 37.9. The van der Waals surface area contributed by atoms with Crippen LogP contribution in [0.2, 0.25) is 0 Å². The third-order valence-electron chi connectivity index (χ3n) is 12.1. The Morgan fingerprint density at radius 2 is 0.966 bits per heavy atom. The number of nitrogens with zero attached hydrogens (tertiary/aromatic N) is 3. The van der Waals surface area contributed by atoms with E-state index in [1.165, 1.54) is 54.8 Å². The Morgan fingerprint density at radius 3 is 1.72 bits per heavy atom. The predicted molar refractivity (Wildman–Crippen MR) is 239 cm³/mol. The first-order valence-corrected chi connectivity index (χ1v) is 19.7. The van der Waals surface area contributed by atoms with E-state index < -0.39 is 0 Å². The van der Waals surface area contributed by atoms with Crippen LogP contribution in [-0.4, -0.2) is 14.5 Å². The van der Waals surface area contributed by atoms with Crippen molar-refractivity contribution < 1.29 is 4.42 Å². The highest BCUT2D eigenvalue weighted by atomic mass is 16.3. The Bertz CT molecular complexity index is 3610. The van der Waals surface area contributed by atoms with Gasteiger partial charge in [0.2, 0.25) is 0 Å². The average molecular weight is 738 g/mol. The summed E-state index contributed by atoms with van der Waals surface area (Å²) in [7, 11) is 0. The van der Waals surface area contributed by atoms with Crippen molar-refractivity contribution in [1.29, 1.82) is 0 Å². The normalized spacial score (nSPS) is 12.1. The Hall–Kier alpha value is -7.82. The summed E-state index contributed by atoms with van der Waals surface area (Å²) in [6.07, 6.45) is 0. The Kier molecular flexibility index (Phi) is 6.41. The molecule has 1 aliphatic rings. The van der Waals surface area contributed by atoms with Crippen molar-refractivity contribution >= 4 is 65.3 Å². The number of hydrogen-bond acceptors (Lipinski definition) is 3. The molecule has 268 valence electrons. The molecule has 58 heavy (non-hydrogen) atoms. The van der Waals surface area contributed by atoms with E-state index >= 15 is 0 Å². The minimum atomic E-state index is 0.649. The topological polar surface area (TPSA) is 43.9 Å². The van der Waals surface area contributed by atoms with Crippen LogP contribution < -0.4 is 0 Å². The maximum Gasteiger partial charge on any atom is 0.161 e. The van der Waals surface area contributed by atoms with Crippen LogP contribution in [0.5, 0.6) is 0 Å². The van der Waals surface area contributed by atoms with Gasteiger partial charge in [0.1, 0.15) is 11.2 Å². The highest BCUT2D eigenvalue weighted by molar-refractivity contribution is 6.31. The van der Waals surface area contributed by atoms with Crippen LogP contribution in [0.15, 0.2) is 192 Å². The smallest absolute Gasteiger partial charge is 0.161 e. The van der Waals surface area contributed by atoms with E-state index in [1.54, 1.807) is 0 Å². The lowest BCUT2D eigenvalue weighted by Gasteiger charge is -2.17. The first-order chi connectivity index (χ1) is 28.8. The Morgan fingerprint density at radius 1 is 0.379 bits per heavy atom. The third kappa shape index (κ3) is 4.34. The number of rotatable bonds is 4. The number of furan rings is 1. The molecule has 1 aliphatic carbocycles. The first-order valence-electron chi connectivity index (χ1n) is 19.7. The fourth-order valence-corrected chi connectivity index (χ4v) is 9.66. The molecule has 0 amide bonds. The van der Waals surface area contributed by atoms with Crippen molar-refractivity contribution in [1.82, 2.24) is 14.5 Å². The van der Waals surface area contributed by atoms with E-state index in [2.05, 4.69) is 174 Å². The largest absolute Gasteiger partial charge is 0.455 e. The number of benzene rings is 9. The fourth-order valence-electron chi connectivity index (χ4n) is 9.66. The predicted octanol–water partition coefficient (Wildman–Crippen LogP) is 14.4. The second-order valence-corrected chi connectivity index (χ2v) is 15.2. The maximum absolute atomic E-state index is 6.88. The number of hydrogen-bond donors (Lipinski definition) is 0. The molecule has 4 heteroatoms. The molecule has 0 unspecified atom stereocenters. The zero-order valence-electron chi connectivity index (χ0n) is 31.1. The van der Waals surface area contributed by atoms with Gasteiger partial charge < -0.3 is 8.98 Å². The molecular formula is C54H31N3O. The molecule has 0 N–H and O–H groups in total. The van der Waals surface area contributed by atoms with Gasteiger partial charge in [-0.2, -0.15) is 0 Å². The van der Waals surface area contributed by atoms with E-state index in [0.29, 0.717) is 5.82 Å². The van der Waals surface area contributed by atoms with E-state index in [4.69, 9.17) is 14.4 Å². The fraction of sp³-hybridized carbons (Fsp3) is 0. The summed E-state index contributed by atoms with van der Waals surface area (Å²) in [4.78, 5) is 10.7. The summed E-state index contributed by atoms with van der Waals surface area (Å²) in [5.74, 6) is 0.649. The molecular weight excluding hydrogens is 707 g/mol. The van der Waals surface area contributed by atoms with Crippen molar-refractivity contribution in [3.63, 3.8) is 0 Å². The standard InChI is InChI=1S/C54H31N3O/c1-3-14-32(15-4-1)43-31-44(33-16-5-2-6-17-33)56-54(55-43)41-25-12-24-40-47(30-42-37-21-9-10-27-48(37)58-53(42)50(40)41)57-45-26-13-23-39-36-20-8-7-19-35(36)38-22-11-18-34-28-29-46(57)52(49(34)38)51(39)45/h1-31H. The van der Waals surface area contributed by atoms with Gasteiger partial charge >= 0.3 is 0 Å². The lowest BCUT2D eigenvalue weighted by molar-refractivity contribution is 0.672. The molecule has 13 rings (SSSR count). The SMILES string of the molecule is c1ccc(-c2cc(-c3ccccc3)nc(-c3cccc4c(-n5c6cccc7c6c6c8c(cccc8ccc65)-c5ccccc5-7)cc5c6ccccc6oc5c34)n2)cc1. The van der Waals surface area contributed by atoms with Gasteiger partial charge in [0.25, 0.3) is 0 Å². The van der Waals surface area contributed by atoms with Crippen molar-refractivity contribution in [3.8, 4) is 61.8 Å². The van der Waals surface area contributed by atoms with Crippen LogP contribution in [0.3, 0.4) is 0 Å². The summed E-state index contributed by atoms with van der Waals surface area (Å²) in [5.41, 5.74) is 14.9. The maximum atomic E-state index is 6.88. The molecule has 4 nitrogen and oxygen atoms in total. The lowest BCUT2D eigenvalue weighted by atomic mass is 9.93. The molecule has 0 aliphatic heterocycles. The first kappa shape index (κ1) is 31.4. The lowest BCUT2D eigenvalue weighted by Crippen LogP contribution is -1.99. The molecule has 12 aromatic rings. The van der Waals surface area contributed by atoms with E-state index in [-0.39, 0.29) is 0 Å². The summed E-state index contributed by atoms with van der Waals surface area (Å²) < 4.78 is 9.37. The third-order valence-corrected chi connectivity index (χ3v) is 12.1. The molecule has 0 atom stereocenters. The highest BCUT2D eigenvalue weighted by Crippen LogP contribution is 2.51. The Labute approximate surface area is 332 Å². The molecule has 3 heterocycles. The van der Waals surface area contributed by atoms with Gasteiger partial charge in [-0.15, -0.1) is 0 Å². The summed E-state index contributed by atoms with van der Waals surface area (Å²) in [6.45, 7) is 0. The van der Waals surface area contributed by atoms with Crippen LogP contribution in [-0.2, 0) is 0 Å². The second kappa shape index (κ2) is 11.8. The van der Waals surface area contributed by atoms with Crippen molar-refractivity contribution in [2.24, 2.45) is 0 Å². The molecule has 0 radical (unpaired) electrons. The van der Waals surface area contributed by atoms with Crippen LogP contribution in [0.1, 0.15) is 0 Å². The van der Waals surface area contributed by atoms with Crippen LogP contribution >= 0.6 is 0 Å². The molecule has 0 spiro atoms. The van der Waals surface area contributed by atoms with Gasteiger partial charge in [-0.05, 0) is 63.4 Å². The van der Waals surface area contributed by atoms with E-state index in [1.807, 2.05) is 18.2 Å². The minimum absolute atomic E-state index is 0.649. The van der Waals surface area contributed by atoms with Crippen molar-refractivity contribution in [2.45, 2.75) is 0 Å². The van der Waals surface area contributed by atoms with Gasteiger partial charge in [-0.1, -0.05) is 158 Å². The van der Waals surface area contributed by atoms with Gasteiger partial charge in [-0.25, -0.2) is 9.97 Å². The van der Waals surface area contributed by atoms with Crippen LogP contribution in [0.4, 0.5) is 0 Å². The van der Waals surface area contributed by atoms with Crippen molar-refractivity contribution in [2.75, 3.05) is 0 Å². The summed E-state index contributed by atoms with van der Waals surface area (Å²) >= 11 is 0. The quantitative estimate of drug-likeness (QED) is 0.181. The average Bonchev–Trinajstić information content (AvgIpc) is 3.81. The number of para-hydroxylation sites is 1. The zero-order valence-corrected chi connectivity index (χ0v) is 31.1. The molecule has 3 aromatic heterocycles. The Balaban J connectivity index is 1.19. The molecule has 0 saturated carbocycles. The van der Waals surface area contributed by atoms with Crippen LogP contribution in [0, 0.1) is 0 Å². The van der Waals surface area contributed by atoms with Gasteiger partial charge in [0.15, 0.2) is 5.82 Å². The molecule has 9 aromatic carbocycles. The van der Waals surface area contributed by atoms with Gasteiger partial charge in [0.05, 0.1) is 28.1 Å². The monoisotopic (exact) mass is 737 g/mol. The minimum Gasteiger partial charge on any atom is -0.455 e. The molecule has 0 saturated heterocycles. The van der Waals surface area contributed by atoms with Crippen LogP contribution in [0.25, 0.3) is 127 Å². The van der Waals surface area contributed by atoms with E-state index in [0.717, 1.165) is 66.5 Å². The second-order valence-electron chi connectivity index (χ2n) is 15.2. The van der Waals surface area contributed by atoms with Gasteiger partial charge in [-0.3, -0.25) is 0 Å². The van der Waals surface area contributed by atoms with E-state index in [9.17, 15) is 0 Å². The molecule has 0 bridgehead atoms. The summed E-state index contributed by atoms with van der Waals surface area (Å²) in [6, 6.07) is 67.0.